The number of aliphatic hydroxyl groups excluding tert-OH is 1. The van der Waals surface area contributed by atoms with Gasteiger partial charge in [-0.25, -0.2) is 0 Å². The van der Waals surface area contributed by atoms with Crippen LogP contribution in [0.5, 0.6) is 11.5 Å². The number of ether oxygens (including phenoxy) is 2. The summed E-state index contributed by atoms with van der Waals surface area (Å²) in [4.78, 5) is 4.08. The van der Waals surface area contributed by atoms with Crippen LogP contribution in [0.4, 0.5) is 5.69 Å². The molecule has 0 radical (unpaired) electrons. The lowest BCUT2D eigenvalue weighted by Crippen LogP contribution is -2.07. The molecule has 0 fully saturated rings. The smallest absolute Gasteiger partial charge is 0.161 e. The number of methoxy groups -OCH3 is 1. The van der Waals surface area contributed by atoms with Crippen LogP contribution in [0.3, 0.4) is 0 Å². The Morgan fingerprint density at radius 2 is 2.04 bits per heavy atom. The van der Waals surface area contributed by atoms with Crippen LogP contribution in [-0.2, 0) is 13.2 Å². The first-order valence-electron chi connectivity index (χ1n) is 7.71. The van der Waals surface area contributed by atoms with Gasteiger partial charge in [0.1, 0.15) is 0 Å². The van der Waals surface area contributed by atoms with Crippen molar-refractivity contribution in [1.29, 1.82) is 0 Å². The molecule has 2 N–H and O–H groups in total. The Kier molecular flexibility index (Phi) is 6.23. The van der Waals surface area contributed by atoms with Crippen LogP contribution in [-0.4, -0.2) is 23.8 Å². The van der Waals surface area contributed by atoms with E-state index in [0.717, 1.165) is 28.3 Å². The third-order valence-electron chi connectivity index (χ3n) is 3.36. The van der Waals surface area contributed by atoms with Gasteiger partial charge in [-0.2, -0.15) is 0 Å². The number of pyridine rings is 1. The van der Waals surface area contributed by atoms with E-state index >= 15 is 0 Å². The van der Waals surface area contributed by atoms with Crippen molar-refractivity contribution in [2.75, 3.05) is 19.0 Å². The van der Waals surface area contributed by atoms with Crippen molar-refractivity contribution in [3.05, 3.63) is 47.8 Å². The number of hydrogen-bond donors (Lipinski definition) is 2. The van der Waals surface area contributed by atoms with Gasteiger partial charge < -0.3 is 19.9 Å². The Morgan fingerprint density at radius 3 is 2.74 bits per heavy atom. The number of anilines is 1. The molecule has 0 saturated heterocycles. The van der Waals surface area contributed by atoms with Crippen molar-refractivity contribution < 1.29 is 14.6 Å². The molecule has 0 aliphatic heterocycles. The Bertz CT molecular complexity index is 629. The van der Waals surface area contributed by atoms with Crippen LogP contribution >= 0.6 is 0 Å². The molecule has 0 unspecified atom stereocenters. The second-order valence-electron chi connectivity index (χ2n) is 5.73. The average Bonchev–Trinajstić information content (AvgIpc) is 2.58. The fourth-order valence-corrected chi connectivity index (χ4v) is 2.12. The van der Waals surface area contributed by atoms with Crippen LogP contribution in [0.15, 0.2) is 36.7 Å². The summed E-state index contributed by atoms with van der Waals surface area (Å²) >= 11 is 0. The minimum atomic E-state index is -0.0176. The van der Waals surface area contributed by atoms with E-state index in [4.69, 9.17) is 9.47 Å². The highest BCUT2D eigenvalue weighted by atomic mass is 16.5. The van der Waals surface area contributed by atoms with E-state index in [0.29, 0.717) is 19.1 Å². The van der Waals surface area contributed by atoms with E-state index in [2.05, 4.69) is 24.1 Å². The van der Waals surface area contributed by atoms with Gasteiger partial charge in [0.15, 0.2) is 11.5 Å². The van der Waals surface area contributed by atoms with Gasteiger partial charge in [0.25, 0.3) is 0 Å². The lowest BCUT2D eigenvalue weighted by Gasteiger charge is -2.15. The molecule has 5 heteroatoms. The molecule has 0 aliphatic carbocycles. The molecule has 0 atom stereocenters. The standard InChI is InChI=1S/C18H24N2O3/c1-13(2)12-23-18-8-14(4-5-17(18)22-3)9-20-16-10-19-7-6-15(16)11-21/h4-8,10,13,20-21H,9,11-12H2,1-3H3. The summed E-state index contributed by atoms with van der Waals surface area (Å²) in [6, 6.07) is 7.67. The number of nitrogens with zero attached hydrogens (tertiary/aromatic N) is 1. The molecule has 2 rings (SSSR count). The van der Waals surface area contributed by atoms with Gasteiger partial charge in [0.2, 0.25) is 0 Å². The lowest BCUT2D eigenvalue weighted by atomic mass is 10.1. The molecule has 0 saturated carbocycles. The van der Waals surface area contributed by atoms with Gasteiger partial charge >= 0.3 is 0 Å². The van der Waals surface area contributed by atoms with Gasteiger partial charge in [-0.05, 0) is 29.7 Å². The Balaban J connectivity index is 2.09. The first-order chi connectivity index (χ1) is 11.1. The predicted octanol–water partition coefficient (Wildman–Crippen LogP) is 3.23. The summed E-state index contributed by atoms with van der Waals surface area (Å²) in [7, 11) is 1.64. The van der Waals surface area contributed by atoms with Crippen LogP contribution < -0.4 is 14.8 Å². The average molecular weight is 316 g/mol. The minimum absolute atomic E-state index is 0.0176. The van der Waals surface area contributed by atoms with Crippen molar-refractivity contribution in [2.24, 2.45) is 5.92 Å². The molecule has 1 aromatic carbocycles. The molecule has 0 aliphatic rings. The highest BCUT2D eigenvalue weighted by Crippen LogP contribution is 2.29. The lowest BCUT2D eigenvalue weighted by molar-refractivity contribution is 0.256. The number of rotatable bonds is 8. The summed E-state index contributed by atoms with van der Waals surface area (Å²) in [5.74, 6) is 1.92. The first kappa shape index (κ1) is 17.1. The van der Waals surface area contributed by atoms with Gasteiger partial charge in [0, 0.05) is 18.3 Å². The van der Waals surface area contributed by atoms with Crippen LogP contribution in [0.25, 0.3) is 0 Å². The molecule has 23 heavy (non-hydrogen) atoms. The molecule has 0 bridgehead atoms. The maximum atomic E-state index is 9.35. The van der Waals surface area contributed by atoms with Crippen molar-refractivity contribution in [1.82, 2.24) is 4.98 Å². The van der Waals surface area contributed by atoms with Gasteiger partial charge in [-0.15, -0.1) is 0 Å². The SMILES string of the molecule is COc1ccc(CNc2cnccc2CO)cc1OCC(C)C. The van der Waals surface area contributed by atoms with Crippen molar-refractivity contribution in [3.8, 4) is 11.5 Å². The topological polar surface area (TPSA) is 63.6 Å². The van der Waals surface area contributed by atoms with E-state index < -0.39 is 0 Å². The zero-order valence-corrected chi connectivity index (χ0v) is 13.9. The monoisotopic (exact) mass is 316 g/mol. The predicted molar refractivity (Wildman–Crippen MR) is 90.8 cm³/mol. The fraction of sp³-hybridized carbons (Fsp3) is 0.389. The maximum Gasteiger partial charge on any atom is 0.161 e. The normalized spacial score (nSPS) is 10.7. The number of hydrogen-bond acceptors (Lipinski definition) is 5. The summed E-state index contributed by atoms with van der Waals surface area (Å²) in [6.45, 7) is 5.45. The zero-order valence-electron chi connectivity index (χ0n) is 13.9. The molecule has 124 valence electrons. The largest absolute Gasteiger partial charge is 0.493 e. The molecule has 0 spiro atoms. The highest BCUT2D eigenvalue weighted by molar-refractivity contribution is 5.50. The van der Waals surface area contributed by atoms with E-state index in [9.17, 15) is 5.11 Å². The van der Waals surface area contributed by atoms with Gasteiger partial charge in [-0.3, -0.25) is 4.98 Å². The number of aromatic nitrogens is 1. The number of nitrogens with one attached hydrogen (secondary N) is 1. The number of benzene rings is 1. The van der Waals surface area contributed by atoms with E-state index in [1.165, 1.54) is 0 Å². The second kappa shape index (κ2) is 8.39. The second-order valence-corrected chi connectivity index (χ2v) is 5.73. The molecule has 2 aromatic rings. The van der Waals surface area contributed by atoms with E-state index in [1.54, 1.807) is 25.6 Å². The van der Waals surface area contributed by atoms with Crippen molar-refractivity contribution in [2.45, 2.75) is 27.0 Å². The quantitative estimate of drug-likeness (QED) is 0.783. The molecule has 5 nitrogen and oxygen atoms in total. The third-order valence-corrected chi connectivity index (χ3v) is 3.36. The summed E-state index contributed by atoms with van der Waals surface area (Å²) in [6.07, 6.45) is 3.38. The molecular formula is C18H24N2O3. The third kappa shape index (κ3) is 4.86. The van der Waals surface area contributed by atoms with Crippen LogP contribution in [0, 0.1) is 5.92 Å². The summed E-state index contributed by atoms with van der Waals surface area (Å²) in [5, 5.41) is 12.6. The maximum absolute atomic E-state index is 9.35. The fourth-order valence-electron chi connectivity index (χ4n) is 2.12. The van der Waals surface area contributed by atoms with Crippen molar-refractivity contribution in [3.63, 3.8) is 0 Å². The van der Waals surface area contributed by atoms with Crippen molar-refractivity contribution >= 4 is 5.69 Å². The Hall–Kier alpha value is -2.27. The minimum Gasteiger partial charge on any atom is -0.493 e. The molecule has 1 aromatic heterocycles. The summed E-state index contributed by atoms with van der Waals surface area (Å²) < 4.78 is 11.2. The highest BCUT2D eigenvalue weighted by Gasteiger charge is 2.08. The number of aliphatic hydroxyl groups is 1. The van der Waals surface area contributed by atoms with Gasteiger partial charge in [-0.1, -0.05) is 19.9 Å². The van der Waals surface area contributed by atoms with Crippen LogP contribution in [0.1, 0.15) is 25.0 Å². The molecule has 0 amide bonds. The Labute approximate surface area is 137 Å². The summed E-state index contributed by atoms with van der Waals surface area (Å²) in [5.41, 5.74) is 2.72. The molecular weight excluding hydrogens is 292 g/mol. The first-order valence-corrected chi connectivity index (χ1v) is 7.71. The Morgan fingerprint density at radius 1 is 1.22 bits per heavy atom. The van der Waals surface area contributed by atoms with Crippen LogP contribution in [0.2, 0.25) is 0 Å². The molecule has 1 heterocycles. The van der Waals surface area contributed by atoms with E-state index in [-0.39, 0.29) is 6.61 Å². The van der Waals surface area contributed by atoms with E-state index in [1.807, 2.05) is 18.2 Å². The zero-order chi connectivity index (χ0) is 16.7. The van der Waals surface area contributed by atoms with Gasteiger partial charge in [0.05, 0.1) is 32.2 Å².